The summed E-state index contributed by atoms with van der Waals surface area (Å²) < 4.78 is 18.9. The molecule has 1 aliphatic carbocycles. The smallest absolute Gasteiger partial charge is 0.178 e. The zero-order chi connectivity index (χ0) is 9.26. The second-order valence-electron chi connectivity index (χ2n) is 3.09. The second-order valence-corrected chi connectivity index (χ2v) is 3.94. The molecule has 1 saturated carbocycles. The van der Waals surface area contributed by atoms with Crippen LogP contribution in [0, 0.1) is 5.82 Å². The van der Waals surface area contributed by atoms with Crippen LogP contribution in [0.2, 0.25) is 0 Å². The molecule has 0 heterocycles. The Bertz CT molecular complexity index is 310. The molecular weight excluding hydrogens is 187 g/mol. The molecule has 0 atom stereocenters. The molecule has 0 unspecified atom stereocenters. The lowest BCUT2D eigenvalue weighted by molar-refractivity contribution is 0.285. The third-order valence-corrected chi connectivity index (χ3v) is 2.72. The third kappa shape index (κ3) is 1.97. The van der Waals surface area contributed by atoms with Gasteiger partial charge in [-0.05, 0) is 31.2 Å². The van der Waals surface area contributed by atoms with Crippen LogP contribution >= 0.6 is 11.8 Å². The van der Waals surface area contributed by atoms with Crippen LogP contribution in [0.5, 0.6) is 5.75 Å². The highest BCUT2D eigenvalue weighted by Crippen LogP contribution is 2.32. The van der Waals surface area contributed by atoms with Crippen molar-refractivity contribution in [3.63, 3.8) is 0 Å². The molecular formula is C10H11FOS. The maximum Gasteiger partial charge on any atom is 0.178 e. The maximum absolute atomic E-state index is 13.5. The Morgan fingerprint density at radius 1 is 1.46 bits per heavy atom. The van der Waals surface area contributed by atoms with Gasteiger partial charge < -0.3 is 4.74 Å². The summed E-state index contributed by atoms with van der Waals surface area (Å²) in [6.45, 7) is 0. The van der Waals surface area contributed by atoms with Gasteiger partial charge >= 0.3 is 0 Å². The monoisotopic (exact) mass is 198 g/mol. The number of ether oxygens (including phenoxy) is 1. The highest BCUT2D eigenvalue weighted by atomic mass is 32.2. The summed E-state index contributed by atoms with van der Waals surface area (Å²) in [4.78, 5) is 0.651. The van der Waals surface area contributed by atoms with Gasteiger partial charge in [0.1, 0.15) is 0 Å². The number of halogens is 1. The molecule has 1 aliphatic rings. The van der Waals surface area contributed by atoms with Crippen LogP contribution in [0.15, 0.2) is 23.1 Å². The first kappa shape index (κ1) is 8.88. The summed E-state index contributed by atoms with van der Waals surface area (Å²) in [6.07, 6.45) is 4.23. The Morgan fingerprint density at radius 3 is 2.85 bits per heavy atom. The van der Waals surface area contributed by atoms with Gasteiger partial charge in [-0.2, -0.15) is 0 Å². The minimum atomic E-state index is -0.220. The van der Waals surface area contributed by atoms with E-state index >= 15 is 0 Å². The van der Waals surface area contributed by atoms with Crippen molar-refractivity contribution in [2.75, 3.05) is 6.26 Å². The predicted octanol–water partition coefficient (Wildman–Crippen LogP) is 3.09. The minimum absolute atomic E-state index is 0.220. The van der Waals surface area contributed by atoms with Crippen molar-refractivity contribution < 1.29 is 9.13 Å². The van der Waals surface area contributed by atoms with Gasteiger partial charge in [-0.15, -0.1) is 11.8 Å². The van der Waals surface area contributed by atoms with Crippen molar-refractivity contribution >= 4 is 11.8 Å². The summed E-state index contributed by atoms with van der Waals surface area (Å²) in [5.74, 6) is 0.177. The van der Waals surface area contributed by atoms with Crippen molar-refractivity contribution in [1.82, 2.24) is 0 Å². The third-order valence-electron chi connectivity index (χ3n) is 1.97. The van der Waals surface area contributed by atoms with Crippen molar-refractivity contribution in [2.45, 2.75) is 23.8 Å². The summed E-state index contributed by atoms with van der Waals surface area (Å²) in [5, 5.41) is 0. The SMILES string of the molecule is CSc1cccc(OC2CC2)c1F. The zero-order valence-electron chi connectivity index (χ0n) is 7.42. The molecule has 3 heteroatoms. The molecule has 0 N–H and O–H groups in total. The molecule has 1 aromatic carbocycles. The normalized spacial score (nSPS) is 15.8. The largest absolute Gasteiger partial charge is 0.487 e. The van der Waals surface area contributed by atoms with E-state index < -0.39 is 0 Å². The molecule has 0 bridgehead atoms. The fourth-order valence-electron chi connectivity index (χ4n) is 1.10. The van der Waals surface area contributed by atoms with Crippen LogP contribution in [-0.4, -0.2) is 12.4 Å². The average molecular weight is 198 g/mol. The van der Waals surface area contributed by atoms with E-state index in [1.54, 1.807) is 12.1 Å². The standard InChI is InChI=1S/C10H11FOS/c1-13-9-4-2-3-8(10(9)11)12-7-5-6-7/h2-4,7H,5-6H2,1H3. The van der Waals surface area contributed by atoms with Crippen LogP contribution < -0.4 is 4.74 Å². The van der Waals surface area contributed by atoms with Gasteiger partial charge in [0.25, 0.3) is 0 Å². The minimum Gasteiger partial charge on any atom is -0.487 e. The molecule has 0 saturated heterocycles. The number of hydrogen-bond acceptors (Lipinski definition) is 2. The van der Waals surface area contributed by atoms with Crippen molar-refractivity contribution in [2.24, 2.45) is 0 Å². The Labute approximate surface area is 81.3 Å². The fraction of sp³-hybridized carbons (Fsp3) is 0.400. The first-order valence-electron chi connectivity index (χ1n) is 4.30. The first-order chi connectivity index (χ1) is 6.31. The molecule has 70 valence electrons. The topological polar surface area (TPSA) is 9.23 Å². The number of hydrogen-bond donors (Lipinski definition) is 0. The van der Waals surface area contributed by atoms with E-state index in [-0.39, 0.29) is 11.9 Å². The van der Waals surface area contributed by atoms with Gasteiger partial charge in [0.2, 0.25) is 0 Å². The van der Waals surface area contributed by atoms with Crippen LogP contribution in [0.1, 0.15) is 12.8 Å². The van der Waals surface area contributed by atoms with E-state index in [1.165, 1.54) is 11.8 Å². The van der Waals surface area contributed by atoms with Gasteiger partial charge in [-0.3, -0.25) is 0 Å². The second kappa shape index (κ2) is 3.58. The summed E-state index contributed by atoms with van der Waals surface area (Å²) >= 11 is 1.40. The van der Waals surface area contributed by atoms with Gasteiger partial charge in [-0.1, -0.05) is 6.07 Å². The van der Waals surface area contributed by atoms with Crippen molar-refractivity contribution in [3.8, 4) is 5.75 Å². The van der Waals surface area contributed by atoms with Crippen LogP contribution in [0.25, 0.3) is 0 Å². The highest BCUT2D eigenvalue weighted by molar-refractivity contribution is 7.98. The number of thioether (sulfide) groups is 1. The van der Waals surface area contributed by atoms with Crippen LogP contribution in [0.3, 0.4) is 0 Å². The Kier molecular flexibility index (Phi) is 2.44. The predicted molar refractivity (Wildman–Crippen MR) is 51.8 cm³/mol. The molecule has 0 aromatic heterocycles. The summed E-state index contributed by atoms with van der Waals surface area (Å²) in [5.41, 5.74) is 0. The lowest BCUT2D eigenvalue weighted by Crippen LogP contribution is -1.98. The van der Waals surface area contributed by atoms with E-state index in [9.17, 15) is 4.39 Å². The van der Waals surface area contributed by atoms with E-state index in [0.717, 1.165) is 12.8 Å². The van der Waals surface area contributed by atoms with Gasteiger partial charge in [0, 0.05) is 4.90 Å². The highest BCUT2D eigenvalue weighted by Gasteiger charge is 2.25. The van der Waals surface area contributed by atoms with Crippen molar-refractivity contribution in [3.05, 3.63) is 24.0 Å². The van der Waals surface area contributed by atoms with E-state index in [4.69, 9.17) is 4.74 Å². The van der Waals surface area contributed by atoms with Crippen LogP contribution in [0.4, 0.5) is 4.39 Å². The van der Waals surface area contributed by atoms with Gasteiger partial charge in [-0.25, -0.2) is 4.39 Å². The number of benzene rings is 1. The van der Waals surface area contributed by atoms with Crippen molar-refractivity contribution in [1.29, 1.82) is 0 Å². The molecule has 0 amide bonds. The molecule has 1 aromatic rings. The quantitative estimate of drug-likeness (QED) is 0.690. The van der Waals surface area contributed by atoms with Gasteiger partial charge in [0.15, 0.2) is 11.6 Å². The molecule has 0 spiro atoms. The molecule has 1 nitrogen and oxygen atoms in total. The molecule has 0 aliphatic heterocycles. The molecule has 13 heavy (non-hydrogen) atoms. The first-order valence-corrected chi connectivity index (χ1v) is 5.53. The summed E-state index contributed by atoms with van der Waals surface area (Å²) in [7, 11) is 0. The number of rotatable bonds is 3. The van der Waals surface area contributed by atoms with E-state index in [0.29, 0.717) is 10.6 Å². The Hall–Kier alpha value is -0.700. The lowest BCUT2D eigenvalue weighted by Gasteiger charge is -2.07. The Morgan fingerprint density at radius 2 is 2.23 bits per heavy atom. The molecule has 0 radical (unpaired) electrons. The lowest BCUT2D eigenvalue weighted by atomic mass is 10.3. The van der Waals surface area contributed by atoms with E-state index in [1.807, 2.05) is 12.3 Å². The van der Waals surface area contributed by atoms with Gasteiger partial charge in [0.05, 0.1) is 6.10 Å². The van der Waals surface area contributed by atoms with E-state index in [2.05, 4.69) is 0 Å². The fourth-order valence-corrected chi connectivity index (χ4v) is 1.60. The maximum atomic E-state index is 13.5. The zero-order valence-corrected chi connectivity index (χ0v) is 8.23. The average Bonchev–Trinajstić information content (AvgIpc) is 2.92. The molecule has 2 rings (SSSR count). The Balaban J connectivity index is 2.22. The molecule has 1 fully saturated rings. The summed E-state index contributed by atoms with van der Waals surface area (Å²) in [6, 6.07) is 5.28. The van der Waals surface area contributed by atoms with Crippen LogP contribution in [-0.2, 0) is 0 Å².